The molecule has 0 radical (unpaired) electrons. The maximum absolute atomic E-state index is 14.1. The van der Waals surface area contributed by atoms with Crippen LogP contribution < -0.4 is 16.0 Å². The fraction of sp³-hybridized carbons (Fsp3) is 0.630. The van der Waals surface area contributed by atoms with E-state index >= 15 is 0 Å². The van der Waals surface area contributed by atoms with Crippen LogP contribution in [0.15, 0.2) is 30.1 Å². The molecule has 2 aliphatic heterocycles. The van der Waals surface area contributed by atoms with Crippen molar-refractivity contribution < 1.29 is 14.3 Å². The molecule has 0 saturated carbocycles. The Balaban J connectivity index is 1.53. The van der Waals surface area contributed by atoms with E-state index in [1.165, 1.54) is 6.33 Å². The summed E-state index contributed by atoms with van der Waals surface area (Å²) >= 11 is 6.27. The quantitative estimate of drug-likeness (QED) is 0.378. The average Bonchev–Trinajstić information content (AvgIpc) is 3.26. The SMILES string of the molecule is CCCC1CC(CNc2ncnc3c2C(C)OC(=O)N3)N(C(=O)[C@H](CNC(C)C)C2=CCC(Cl)C=C2)C1. The fourth-order valence-corrected chi connectivity index (χ4v) is 5.61. The summed E-state index contributed by atoms with van der Waals surface area (Å²) in [4.78, 5) is 36.5. The topological polar surface area (TPSA) is 108 Å². The molecule has 2 amide bonds. The van der Waals surface area contributed by atoms with Gasteiger partial charge in [-0.3, -0.25) is 10.1 Å². The van der Waals surface area contributed by atoms with Crippen LogP contribution in [0, 0.1) is 11.8 Å². The third-order valence-corrected chi connectivity index (χ3v) is 7.61. The first-order valence-electron chi connectivity index (χ1n) is 13.4. The number of likely N-dealkylation sites (tertiary alicyclic amines) is 1. The number of amides is 2. The van der Waals surface area contributed by atoms with Gasteiger partial charge in [-0.25, -0.2) is 14.8 Å². The van der Waals surface area contributed by atoms with Crippen LogP contribution in [0.5, 0.6) is 0 Å². The highest BCUT2D eigenvalue weighted by molar-refractivity contribution is 6.22. The highest BCUT2D eigenvalue weighted by atomic mass is 35.5. The lowest BCUT2D eigenvalue weighted by atomic mass is 9.92. The number of aromatic nitrogens is 2. The number of anilines is 2. The second-order valence-electron chi connectivity index (χ2n) is 10.5. The van der Waals surface area contributed by atoms with Crippen LogP contribution in [0.1, 0.15) is 65.0 Å². The number of cyclic esters (lactones) is 1. The molecule has 3 heterocycles. The van der Waals surface area contributed by atoms with Gasteiger partial charge >= 0.3 is 6.09 Å². The lowest BCUT2D eigenvalue weighted by molar-refractivity contribution is -0.134. The highest BCUT2D eigenvalue weighted by Gasteiger charge is 2.39. The van der Waals surface area contributed by atoms with E-state index in [-0.39, 0.29) is 29.3 Å². The molecule has 5 atom stereocenters. The molecule has 4 unspecified atom stereocenters. The number of allylic oxidation sites excluding steroid dienone is 3. The maximum Gasteiger partial charge on any atom is 0.413 e. The number of nitrogens with one attached hydrogen (secondary N) is 3. The Kier molecular flexibility index (Phi) is 9.08. The minimum absolute atomic E-state index is 0.0230. The normalized spacial score (nSPS) is 25.8. The van der Waals surface area contributed by atoms with Crippen molar-refractivity contribution in [1.29, 1.82) is 0 Å². The number of alkyl halides is 1. The molecule has 1 aromatic heterocycles. The van der Waals surface area contributed by atoms with Gasteiger partial charge in [-0.05, 0) is 37.7 Å². The molecule has 0 bridgehead atoms. The Hall–Kier alpha value is -2.65. The molecule has 1 fully saturated rings. The smallest absolute Gasteiger partial charge is 0.413 e. The van der Waals surface area contributed by atoms with Crippen molar-refractivity contribution in [2.45, 2.75) is 76.9 Å². The highest BCUT2D eigenvalue weighted by Crippen LogP contribution is 2.35. The van der Waals surface area contributed by atoms with Gasteiger partial charge in [-0.15, -0.1) is 11.6 Å². The summed E-state index contributed by atoms with van der Waals surface area (Å²) in [5, 5.41) is 9.54. The van der Waals surface area contributed by atoms with Crippen molar-refractivity contribution in [2.75, 3.05) is 30.3 Å². The largest absolute Gasteiger partial charge is 0.441 e. The van der Waals surface area contributed by atoms with Gasteiger partial charge in [0.25, 0.3) is 0 Å². The Morgan fingerprint density at radius 1 is 1.35 bits per heavy atom. The molecule has 9 nitrogen and oxygen atoms in total. The number of carbonyl (C=O) groups is 2. The molecule has 37 heavy (non-hydrogen) atoms. The third-order valence-electron chi connectivity index (χ3n) is 7.29. The molecule has 202 valence electrons. The van der Waals surface area contributed by atoms with E-state index in [1.54, 1.807) is 6.92 Å². The third kappa shape index (κ3) is 6.62. The van der Waals surface area contributed by atoms with Crippen LogP contribution in [0.2, 0.25) is 0 Å². The van der Waals surface area contributed by atoms with Crippen molar-refractivity contribution in [3.63, 3.8) is 0 Å². The number of hydrogen-bond donors (Lipinski definition) is 3. The summed E-state index contributed by atoms with van der Waals surface area (Å²) in [6, 6.07) is 0.307. The molecule has 1 saturated heterocycles. The van der Waals surface area contributed by atoms with Crippen LogP contribution >= 0.6 is 11.6 Å². The van der Waals surface area contributed by atoms with Gasteiger partial charge in [0.05, 0.1) is 16.9 Å². The monoisotopic (exact) mass is 530 g/mol. The van der Waals surface area contributed by atoms with Crippen LogP contribution in [0.4, 0.5) is 16.4 Å². The van der Waals surface area contributed by atoms with Crippen molar-refractivity contribution in [2.24, 2.45) is 11.8 Å². The van der Waals surface area contributed by atoms with Gasteiger partial charge in [0.1, 0.15) is 24.1 Å². The van der Waals surface area contributed by atoms with Gasteiger partial charge in [-0.1, -0.05) is 45.4 Å². The standard InChI is InChI=1S/C27H39ClN6O3/c1-5-6-18-11-21(12-30-24-23-17(4)37-27(36)33-25(23)32-15-31-24)34(14-18)26(35)22(13-29-16(2)3)19-7-9-20(28)10-8-19/h7-9,15-18,20-22,29H,5-6,10-14H2,1-4H3,(H2,30,31,32,33,36)/t17?,18?,20?,21?,22-/m1/s1. The van der Waals surface area contributed by atoms with Crippen LogP contribution in [-0.4, -0.2) is 64.0 Å². The molecular formula is C27H39ClN6O3. The Morgan fingerprint density at radius 3 is 2.86 bits per heavy atom. The maximum atomic E-state index is 14.1. The zero-order valence-electron chi connectivity index (χ0n) is 22.2. The minimum atomic E-state index is -0.521. The molecule has 10 heteroatoms. The van der Waals surface area contributed by atoms with E-state index in [9.17, 15) is 9.59 Å². The van der Waals surface area contributed by atoms with Crippen molar-refractivity contribution >= 4 is 35.2 Å². The lowest BCUT2D eigenvalue weighted by Gasteiger charge is -2.31. The molecule has 0 aromatic carbocycles. The predicted octanol–water partition coefficient (Wildman–Crippen LogP) is 4.64. The summed E-state index contributed by atoms with van der Waals surface area (Å²) in [5.74, 6) is 1.42. The first-order valence-corrected chi connectivity index (χ1v) is 13.8. The van der Waals surface area contributed by atoms with Crippen LogP contribution in [0.25, 0.3) is 0 Å². The average molecular weight is 531 g/mol. The number of carbonyl (C=O) groups excluding carboxylic acids is 2. The number of nitrogens with zero attached hydrogens (tertiary/aromatic N) is 3. The van der Waals surface area contributed by atoms with E-state index in [0.29, 0.717) is 30.6 Å². The number of halogens is 1. The Bertz CT molecular complexity index is 1040. The van der Waals surface area contributed by atoms with E-state index < -0.39 is 12.2 Å². The van der Waals surface area contributed by atoms with Gasteiger partial charge in [0.2, 0.25) is 5.91 Å². The number of fused-ring (bicyclic) bond motifs is 1. The van der Waals surface area contributed by atoms with E-state index in [4.69, 9.17) is 16.3 Å². The first-order chi connectivity index (χ1) is 17.8. The Morgan fingerprint density at radius 2 is 2.16 bits per heavy atom. The molecule has 1 aliphatic carbocycles. The van der Waals surface area contributed by atoms with E-state index in [2.05, 4.69) is 57.7 Å². The second kappa shape index (κ2) is 12.3. The molecule has 0 spiro atoms. The minimum Gasteiger partial charge on any atom is -0.441 e. The molecule has 3 N–H and O–H groups in total. The second-order valence-corrected chi connectivity index (χ2v) is 11.1. The fourth-order valence-electron chi connectivity index (χ4n) is 5.45. The summed E-state index contributed by atoms with van der Waals surface area (Å²) in [7, 11) is 0. The summed E-state index contributed by atoms with van der Waals surface area (Å²) < 4.78 is 5.32. The molecule has 1 aromatic rings. The van der Waals surface area contributed by atoms with Gasteiger partial charge in [0, 0.05) is 31.7 Å². The van der Waals surface area contributed by atoms with E-state index in [0.717, 1.165) is 43.4 Å². The Labute approximate surface area is 224 Å². The molecule has 4 rings (SSSR count). The summed E-state index contributed by atoms with van der Waals surface area (Å²) in [5.41, 5.74) is 1.75. The van der Waals surface area contributed by atoms with Crippen LogP contribution in [-0.2, 0) is 9.53 Å². The number of hydrogen-bond acceptors (Lipinski definition) is 7. The molecule has 3 aliphatic rings. The van der Waals surface area contributed by atoms with Crippen LogP contribution in [0.3, 0.4) is 0 Å². The van der Waals surface area contributed by atoms with Crippen molar-refractivity contribution in [1.82, 2.24) is 20.2 Å². The van der Waals surface area contributed by atoms with Gasteiger partial charge in [-0.2, -0.15) is 0 Å². The van der Waals surface area contributed by atoms with Crippen molar-refractivity contribution in [3.05, 3.63) is 35.7 Å². The first kappa shape index (κ1) is 27.4. The van der Waals surface area contributed by atoms with E-state index in [1.807, 2.05) is 12.2 Å². The van der Waals surface area contributed by atoms with Gasteiger partial charge in [0.15, 0.2) is 0 Å². The predicted molar refractivity (Wildman–Crippen MR) is 146 cm³/mol. The summed E-state index contributed by atoms with van der Waals surface area (Å²) in [6.45, 7) is 10.1. The molecular weight excluding hydrogens is 492 g/mol. The lowest BCUT2D eigenvalue weighted by Crippen LogP contribution is -2.46. The number of ether oxygens (including phenoxy) is 1. The van der Waals surface area contributed by atoms with Crippen molar-refractivity contribution in [3.8, 4) is 0 Å². The van der Waals surface area contributed by atoms with Gasteiger partial charge < -0.3 is 20.3 Å². The zero-order chi connectivity index (χ0) is 26.5. The number of rotatable bonds is 10. The summed E-state index contributed by atoms with van der Waals surface area (Å²) in [6.07, 6.45) is 10.4. The zero-order valence-corrected chi connectivity index (χ0v) is 22.9.